The van der Waals surface area contributed by atoms with Crippen molar-refractivity contribution < 1.29 is 18.4 Å². The van der Waals surface area contributed by atoms with Crippen LogP contribution >= 0.6 is 0 Å². The lowest BCUT2D eigenvalue weighted by Crippen LogP contribution is -2.52. The largest absolute Gasteiger partial charge is 0.379 e. The number of aromatic nitrogens is 1. The van der Waals surface area contributed by atoms with E-state index in [1.165, 1.54) is 0 Å². The van der Waals surface area contributed by atoms with Gasteiger partial charge in [0.05, 0.1) is 32.1 Å². The number of hydrogen-bond donors (Lipinski definition) is 3. The van der Waals surface area contributed by atoms with Crippen LogP contribution < -0.4 is 11.1 Å². The Morgan fingerprint density at radius 2 is 1.70 bits per heavy atom. The maximum Gasteiger partial charge on any atom is 0.253 e. The summed E-state index contributed by atoms with van der Waals surface area (Å²) in [6.45, 7) is 10.9. The molecule has 236 valence electrons. The molecule has 2 aromatic carbocycles. The zero-order valence-electron chi connectivity index (χ0n) is 25.4. The molecule has 0 bridgehead atoms. The number of ether oxygens (including phenoxy) is 2. The van der Waals surface area contributed by atoms with Crippen LogP contribution in [-0.4, -0.2) is 111 Å². The van der Waals surface area contributed by atoms with E-state index in [4.69, 9.17) is 30.1 Å². The molecule has 3 aromatic rings. The van der Waals surface area contributed by atoms with Crippen LogP contribution in [0.4, 0.5) is 10.3 Å². The van der Waals surface area contributed by atoms with Crippen molar-refractivity contribution in [2.24, 2.45) is 10.7 Å². The van der Waals surface area contributed by atoms with E-state index >= 15 is 0 Å². The van der Waals surface area contributed by atoms with E-state index in [0.29, 0.717) is 62.4 Å². The van der Waals surface area contributed by atoms with Gasteiger partial charge >= 0.3 is 0 Å². The summed E-state index contributed by atoms with van der Waals surface area (Å²) in [7, 11) is 0. The minimum atomic E-state index is -0.249. The highest BCUT2D eigenvalue weighted by Crippen LogP contribution is 2.27. The highest BCUT2D eigenvalue weighted by atomic mass is 19.1. The molecule has 1 unspecified atom stereocenters. The zero-order valence-corrected chi connectivity index (χ0v) is 25.4. The molecule has 1 atom stereocenters. The first kappa shape index (κ1) is 31.6. The number of morpholine rings is 2. The lowest BCUT2D eigenvalue weighted by Gasteiger charge is -2.31. The third kappa shape index (κ3) is 8.85. The Labute approximate surface area is 258 Å². The smallest absolute Gasteiger partial charge is 0.253 e. The van der Waals surface area contributed by atoms with Gasteiger partial charge in [0.1, 0.15) is 5.82 Å². The summed E-state index contributed by atoms with van der Waals surface area (Å²) in [5.41, 5.74) is 9.08. The molecule has 2 saturated heterocycles. The Morgan fingerprint density at radius 1 is 1.02 bits per heavy atom. The second-order valence-electron chi connectivity index (χ2n) is 11.2. The van der Waals surface area contributed by atoms with Gasteiger partial charge < -0.3 is 25.0 Å². The van der Waals surface area contributed by atoms with Gasteiger partial charge in [-0.05, 0) is 23.6 Å². The molecule has 11 nitrogen and oxygen atoms in total. The standard InChI is InChI=1S/C32H43FN8O3/c1-24(21-25-7-8-27(28(33)22-25)26-5-3-2-4-6-26)29-23-30(44-38-29)37-32(36-9-10-39-13-17-42-18-14-39)41(31(34)35)12-11-40-15-19-43-20-16-40/h2-8,22-24H,9-21H2,1H3,(H3,34,35)(H,36,37). The lowest BCUT2D eigenvalue weighted by molar-refractivity contribution is 0.0370. The average molecular weight is 607 g/mol. The Kier molecular flexibility index (Phi) is 11.3. The second kappa shape index (κ2) is 15.8. The number of nitrogens with two attached hydrogens (primary N) is 1. The quantitative estimate of drug-likeness (QED) is 0.223. The van der Waals surface area contributed by atoms with Crippen LogP contribution in [-0.2, 0) is 15.9 Å². The van der Waals surface area contributed by atoms with Gasteiger partial charge in [0.15, 0.2) is 5.96 Å². The van der Waals surface area contributed by atoms with Crippen molar-refractivity contribution >= 4 is 17.8 Å². The van der Waals surface area contributed by atoms with Crippen LogP contribution in [0.25, 0.3) is 11.1 Å². The summed E-state index contributed by atoms with van der Waals surface area (Å²) < 4.78 is 31.5. The first-order chi connectivity index (χ1) is 21.5. The zero-order chi connectivity index (χ0) is 30.7. The fourth-order valence-corrected chi connectivity index (χ4v) is 5.42. The van der Waals surface area contributed by atoms with Crippen molar-refractivity contribution in [1.82, 2.24) is 25.2 Å². The fourth-order valence-electron chi connectivity index (χ4n) is 5.42. The van der Waals surface area contributed by atoms with Crippen molar-refractivity contribution in [2.75, 3.05) is 78.8 Å². The molecule has 0 aliphatic carbocycles. The van der Waals surface area contributed by atoms with Crippen LogP contribution in [0.2, 0.25) is 0 Å². The summed E-state index contributed by atoms with van der Waals surface area (Å²) in [6.07, 6.45) is 0.589. The number of nitrogens with one attached hydrogen (secondary N) is 2. The Balaban J connectivity index is 1.27. The van der Waals surface area contributed by atoms with Gasteiger partial charge in [-0.1, -0.05) is 54.5 Å². The van der Waals surface area contributed by atoms with E-state index in [-0.39, 0.29) is 17.7 Å². The number of halogens is 1. The maximum atomic E-state index is 15.0. The Bertz CT molecular complexity index is 1370. The molecule has 4 N–H and O–H groups in total. The second-order valence-corrected chi connectivity index (χ2v) is 11.2. The van der Waals surface area contributed by atoms with Crippen molar-refractivity contribution in [3.05, 3.63) is 71.7 Å². The number of hydrogen-bond acceptors (Lipinski definition) is 8. The van der Waals surface area contributed by atoms with Gasteiger partial charge in [0.25, 0.3) is 5.88 Å². The molecule has 0 radical (unpaired) electrons. The SMILES string of the molecule is CC(Cc1ccc(-c2ccccc2)c(F)c1)c1cc(N=C(NCCN2CCOCC2)N(CCN2CCOCC2)C(=N)N)on1. The van der Waals surface area contributed by atoms with E-state index in [0.717, 1.165) is 57.1 Å². The highest BCUT2D eigenvalue weighted by molar-refractivity contribution is 5.97. The Hall–Kier alpha value is -3.84. The molecular weight excluding hydrogens is 563 g/mol. The van der Waals surface area contributed by atoms with Crippen LogP contribution in [0.15, 0.2) is 64.1 Å². The number of aliphatic imine (C=N–C) groups is 1. The predicted octanol–water partition coefficient (Wildman–Crippen LogP) is 3.26. The summed E-state index contributed by atoms with van der Waals surface area (Å²) >= 11 is 0. The monoisotopic (exact) mass is 606 g/mol. The Morgan fingerprint density at radius 3 is 2.36 bits per heavy atom. The molecule has 3 heterocycles. The molecule has 0 saturated carbocycles. The molecular formula is C32H43FN8O3. The van der Waals surface area contributed by atoms with Crippen LogP contribution in [0.3, 0.4) is 0 Å². The normalized spacial score (nSPS) is 17.4. The molecule has 1 aromatic heterocycles. The molecule has 12 heteroatoms. The molecule has 0 amide bonds. The van der Waals surface area contributed by atoms with Crippen molar-refractivity contribution in [3.63, 3.8) is 0 Å². The number of guanidine groups is 2. The van der Waals surface area contributed by atoms with E-state index in [2.05, 4.69) is 20.3 Å². The minimum Gasteiger partial charge on any atom is -0.379 e. The summed E-state index contributed by atoms with van der Waals surface area (Å²) in [4.78, 5) is 11.0. The van der Waals surface area contributed by atoms with E-state index in [9.17, 15) is 4.39 Å². The van der Waals surface area contributed by atoms with E-state index < -0.39 is 0 Å². The van der Waals surface area contributed by atoms with Gasteiger partial charge in [0, 0.05) is 69.9 Å². The van der Waals surface area contributed by atoms with Gasteiger partial charge in [0.2, 0.25) is 5.96 Å². The predicted molar refractivity (Wildman–Crippen MR) is 169 cm³/mol. The maximum absolute atomic E-state index is 15.0. The number of nitrogens with zero attached hydrogens (tertiary/aromatic N) is 5. The minimum absolute atomic E-state index is 0.0346. The average Bonchev–Trinajstić information content (AvgIpc) is 3.51. The van der Waals surface area contributed by atoms with Crippen LogP contribution in [0.5, 0.6) is 0 Å². The van der Waals surface area contributed by atoms with Gasteiger partial charge in [-0.2, -0.15) is 4.99 Å². The third-order valence-electron chi connectivity index (χ3n) is 8.00. The van der Waals surface area contributed by atoms with Crippen LogP contribution in [0, 0.1) is 11.2 Å². The first-order valence-electron chi connectivity index (χ1n) is 15.3. The van der Waals surface area contributed by atoms with Gasteiger partial charge in [-0.3, -0.25) is 20.1 Å². The van der Waals surface area contributed by atoms with E-state index in [1.54, 1.807) is 17.0 Å². The molecule has 2 aliphatic rings. The van der Waals surface area contributed by atoms with Crippen LogP contribution in [0.1, 0.15) is 24.1 Å². The van der Waals surface area contributed by atoms with E-state index in [1.807, 2.05) is 49.4 Å². The summed E-state index contributed by atoms with van der Waals surface area (Å²) in [5.74, 6) is 0.357. The summed E-state index contributed by atoms with van der Waals surface area (Å²) in [5, 5.41) is 16.0. The van der Waals surface area contributed by atoms with Gasteiger partial charge in [-0.15, -0.1) is 0 Å². The lowest BCUT2D eigenvalue weighted by atomic mass is 9.96. The first-order valence-corrected chi connectivity index (χ1v) is 15.3. The van der Waals surface area contributed by atoms with Crippen molar-refractivity contribution in [2.45, 2.75) is 19.3 Å². The van der Waals surface area contributed by atoms with Crippen molar-refractivity contribution in [1.29, 1.82) is 5.41 Å². The van der Waals surface area contributed by atoms with Crippen molar-refractivity contribution in [3.8, 4) is 11.1 Å². The molecule has 2 fully saturated rings. The third-order valence-corrected chi connectivity index (χ3v) is 8.00. The molecule has 0 spiro atoms. The number of benzene rings is 2. The molecule has 44 heavy (non-hydrogen) atoms. The topological polar surface area (TPSA) is 128 Å². The van der Waals surface area contributed by atoms with Gasteiger partial charge in [-0.25, -0.2) is 4.39 Å². The molecule has 2 aliphatic heterocycles. The highest BCUT2D eigenvalue weighted by Gasteiger charge is 2.21. The summed E-state index contributed by atoms with van der Waals surface area (Å²) in [6, 6.07) is 16.7. The molecule has 5 rings (SSSR count). The fraction of sp³-hybridized carbons (Fsp3) is 0.469. The number of rotatable bonds is 11.